The van der Waals surface area contributed by atoms with Gasteiger partial charge in [0.15, 0.2) is 0 Å². The molecule has 0 spiro atoms. The molecule has 0 saturated carbocycles. The SMILES string of the molecule is CCCC(O)(CC)C(C)=NC.[Ho]. The molecular formula is C9H19HoNO. The minimum Gasteiger partial charge on any atom is -0.384 e. The van der Waals surface area contributed by atoms with Gasteiger partial charge in [-0.2, -0.15) is 0 Å². The van der Waals surface area contributed by atoms with E-state index in [1.165, 1.54) is 0 Å². The average molecular weight is 322 g/mol. The van der Waals surface area contributed by atoms with Crippen molar-refractivity contribution in [2.75, 3.05) is 7.05 Å². The zero-order valence-electron chi connectivity index (χ0n) is 8.32. The number of aliphatic hydroxyl groups is 1. The molecule has 0 bridgehead atoms. The number of hydrogen-bond donors (Lipinski definition) is 1. The van der Waals surface area contributed by atoms with Crippen molar-refractivity contribution in [3.8, 4) is 0 Å². The van der Waals surface area contributed by atoms with Gasteiger partial charge in [0, 0.05) is 50.5 Å². The topological polar surface area (TPSA) is 32.6 Å². The van der Waals surface area contributed by atoms with E-state index >= 15 is 0 Å². The fraction of sp³-hybridized carbons (Fsp3) is 0.889. The van der Waals surface area contributed by atoms with Crippen molar-refractivity contribution in [2.24, 2.45) is 4.99 Å². The van der Waals surface area contributed by atoms with Crippen LogP contribution in [0.2, 0.25) is 0 Å². The Morgan fingerprint density at radius 2 is 1.92 bits per heavy atom. The van der Waals surface area contributed by atoms with Crippen molar-refractivity contribution in [1.82, 2.24) is 0 Å². The summed E-state index contributed by atoms with van der Waals surface area (Å²) in [5.41, 5.74) is 0.200. The summed E-state index contributed by atoms with van der Waals surface area (Å²) in [6.07, 6.45) is 2.56. The zero-order chi connectivity index (χ0) is 8.91. The van der Waals surface area contributed by atoms with Crippen molar-refractivity contribution in [3.63, 3.8) is 0 Å². The molecule has 77 valence electrons. The number of rotatable bonds is 4. The van der Waals surface area contributed by atoms with E-state index in [2.05, 4.69) is 11.9 Å². The van der Waals surface area contributed by atoms with Crippen LogP contribution < -0.4 is 0 Å². The number of aliphatic imine (C=N–C) groups is 1. The third-order valence-electron chi connectivity index (χ3n) is 2.26. The third kappa shape index (κ3) is 4.22. The summed E-state index contributed by atoms with van der Waals surface area (Å²) in [6.45, 7) is 5.95. The predicted molar refractivity (Wildman–Crippen MR) is 49.2 cm³/mol. The number of nitrogens with zero attached hydrogens (tertiary/aromatic N) is 1. The van der Waals surface area contributed by atoms with Gasteiger partial charge in [-0.3, -0.25) is 4.99 Å². The molecule has 0 aliphatic heterocycles. The molecular weight excluding hydrogens is 303 g/mol. The summed E-state index contributed by atoms with van der Waals surface area (Å²) < 4.78 is 0. The standard InChI is InChI=1S/C9H19NO.Ho/c1-5-7-9(11,6-2)8(3)10-4;/h11H,5-7H2,1-4H3;. The Kier molecular flexibility index (Phi) is 9.36. The minimum atomic E-state index is -0.649. The van der Waals surface area contributed by atoms with Gasteiger partial charge in [-0.25, -0.2) is 0 Å². The second kappa shape index (κ2) is 7.31. The molecule has 0 aliphatic rings. The molecule has 1 unspecified atom stereocenters. The van der Waals surface area contributed by atoms with Crippen LogP contribution in [0.1, 0.15) is 40.0 Å². The predicted octanol–water partition coefficient (Wildman–Crippen LogP) is 2.02. The minimum absolute atomic E-state index is 0. The second-order valence-electron chi connectivity index (χ2n) is 2.94. The molecule has 0 aromatic carbocycles. The summed E-state index contributed by atoms with van der Waals surface area (Å²) in [4.78, 5) is 4.02. The zero-order valence-corrected chi connectivity index (χ0v) is 10.3. The maximum atomic E-state index is 9.96. The van der Waals surface area contributed by atoms with Gasteiger partial charge in [0.05, 0.1) is 0 Å². The Bertz CT molecular complexity index is 147. The summed E-state index contributed by atoms with van der Waals surface area (Å²) in [5.74, 6) is 0. The molecule has 1 atom stereocenters. The normalized spacial score (nSPS) is 16.6. The summed E-state index contributed by atoms with van der Waals surface area (Å²) in [7, 11) is 1.73. The largest absolute Gasteiger partial charge is 0.384 e. The van der Waals surface area contributed by atoms with Gasteiger partial charge in [-0.05, 0) is 19.8 Å². The van der Waals surface area contributed by atoms with Crippen LogP contribution in [0.4, 0.5) is 0 Å². The van der Waals surface area contributed by atoms with E-state index in [0.29, 0.717) is 0 Å². The second-order valence-corrected chi connectivity index (χ2v) is 2.94. The van der Waals surface area contributed by atoms with Gasteiger partial charge < -0.3 is 5.11 Å². The molecule has 0 amide bonds. The van der Waals surface area contributed by atoms with Crippen LogP contribution in [0.25, 0.3) is 0 Å². The van der Waals surface area contributed by atoms with E-state index in [-0.39, 0.29) is 37.7 Å². The molecule has 0 heterocycles. The van der Waals surface area contributed by atoms with Crippen molar-refractivity contribution >= 4 is 5.71 Å². The van der Waals surface area contributed by atoms with Crippen LogP contribution >= 0.6 is 0 Å². The van der Waals surface area contributed by atoms with Crippen molar-refractivity contribution in [1.29, 1.82) is 0 Å². The van der Waals surface area contributed by atoms with E-state index in [4.69, 9.17) is 0 Å². The van der Waals surface area contributed by atoms with E-state index in [0.717, 1.165) is 25.0 Å². The number of hydrogen-bond acceptors (Lipinski definition) is 2. The molecule has 1 N–H and O–H groups in total. The fourth-order valence-corrected chi connectivity index (χ4v) is 1.24. The van der Waals surface area contributed by atoms with Gasteiger partial charge in [-0.1, -0.05) is 20.3 Å². The quantitative estimate of drug-likeness (QED) is 0.623. The van der Waals surface area contributed by atoms with Crippen LogP contribution in [-0.4, -0.2) is 23.5 Å². The molecule has 0 aliphatic carbocycles. The summed E-state index contributed by atoms with van der Waals surface area (Å²) in [5, 5.41) is 9.96. The fourth-order valence-electron chi connectivity index (χ4n) is 1.24. The van der Waals surface area contributed by atoms with E-state index in [1.54, 1.807) is 7.05 Å². The molecule has 3 heteroatoms. The van der Waals surface area contributed by atoms with E-state index in [9.17, 15) is 5.11 Å². The summed E-state index contributed by atoms with van der Waals surface area (Å²) >= 11 is 0. The first kappa shape index (κ1) is 15.4. The van der Waals surface area contributed by atoms with Crippen molar-refractivity contribution in [3.05, 3.63) is 0 Å². The molecule has 1 radical (unpaired) electrons. The molecule has 2 nitrogen and oxygen atoms in total. The Labute approximate surface area is 105 Å². The van der Waals surface area contributed by atoms with Crippen molar-refractivity contribution < 1.29 is 42.8 Å². The van der Waals surface area contributed by atoms with Crippen LogP contribution in [0.5, 0.6) is 0 Å². The van der Waals surface area contributed by atoms with Gasteiger partial charge >= 0.3 is 0 Å². The van der Waals surface area contributed by atoms with Crippen LogP contribution in [0.3, 0.4) is 0 Å². The van der Waals surface area contributed by atoms with E-state index < -0.39 is 5.60 Å². The maximum absolute atomic E-state index is 9.96. The molecule has 0 aromatic heterocycles. The Hall–Kier alpha value is 0.890. The Balaban J connectivity index is 0. The van der Waals surface area contributed by atoms with Gasteiger partial charge in [0.2, 0.25) is 0 Å². The molecule has 0 aromatic rings. The Morgan fingerprint density at radius 3 is 2.17 bits per heavy atom. The van der Waals surface area contributed by atoms with Crippen molar-refractivity contribution in [2.45, 2.75) is 45.6 Å². The third-order valence-corrected chi connectivity index (χ3v) is 2.26. The van der Waals surface area contributed by atoms with Crippen LogP contribution in [0, 0.1) is 37.7 Å². The van der Waals surface area contributed by atoms with Gasteiger partial charge in [0.1, 0.15) is 5.60 Å². The van der Waals surface area contributed by atoms with Gasteiger partial charge in [0.25, 0.3) is 0 Å². The van der Waals surface area contributed by atoms with E-state index in [1.807, 2.05) is 13.8 Å². The molecule has 0 saturated heterocycles. The van der Waals surface area contributed by atoms with Gasteiger partial charge in [-0.15, -0.1) is 0 Å². The first-order valence-electron chi connectivity index (χ1n) is 4.27. The maximum Gasteiger partial charge on any atom is 0.102 e. The summed E-state index contributed by atoms with van der Waals surface area (Å²) in [6, 6.07) is 0. The monoisotopic (exact) mass is 322 g/mol. The first-order valence-corrected chi connectivity index (χ1v) is 4.27. The molecule has 0 rings (SSSR count). The first-order chi connectivity index (χ1) is 5.10. The molecule has 0 fully saturated rings. The Morgan fingerprint density at radius 1 is 1.42 bits per heavy atom. The van der Waals surface area contributed by atoms with Crippen LogP contribution in [-0.2, 0) is 0 Å². The van der Waals surface area contributed by atoms with Crippen LogP contribution in [0.15, 0.2) is 4.99 Å². The molecule has 12 heavy (non-hydrogen) atoms. The average Bonchev–Trinajstić information content (AvgIpc) is 2.03. The smallest absolute Gasteiger partial charge is 0.102 e.